The highest BCUT2D eigenvalue weighted by Gasteiger charge is 2.24. The number of carbonyl (C=O) groups excluding carboxylic acids is 1. The Morgan fingerprint density at radius 1 is 1.00 bits per heavy atom. The lowest BCUT2D eigenvalue weighted by Crippen LogP contribution is -2.46. The van der Waals surface area contributed by atoms with Gasteiger partial charge in [0.05, 0.1) is 0 Å². The van der Waals surface area contributed by atoms with Gasteiger partial charge in [-0.2, -0.15) is 0 Å². The maximum atomic E-state index is 10.3. The van der Waals surface area contributed by atoms with Crippen LogP contribution in [0.2, 0.25) is 0 Å². The van der Waals surface area contributed by atoms with E-state index in [0.29, 0.717) is 0 Å². The first kappa shape index (κ1) is 13.0. The number of nitrogens with zero attached hydrogens (tertiary/aromatic N) is 2. The largest absolute Gasteiger partial charge is 0.303 e. The molecule has 3 nitrogen and oxygen atoms in total. The van der Waals surface area contributed by atoms with Crippen LogP contribution in [0.5, 0.6) is 0 Å². The van der Waals surface area contributed by atoms with Crippen LogP contribution in [0.15, 0.2) is 0 Å². The average molecular weight is 238 g/mol. The van der Waals surface area contributed by atoms with Crippen LogP contribution < -0.4 is 0 Å². The van der Waals surface area contributed by atoms with E-state index in [1.54, 1.807) is 0 Å². The van der Waals surface area contributed by atoms with Gasteiger partial charge in [-0.1, -0.05) is 6.42 Å². The van der Waals surface area contributed by atoms with Crippen molar-refractivity contribution >= 4 is 6.29 Å². The third kappa shape index (κ3) is 4.07. The van der Waals surface area contributed by atoms with Crippen LogP contribution >= 0.6 is 0 Å². The summed E-state index contributed by atoms with van der Waals surface area (Å²) in [5.74, 6) is 0. The van der Waals surface area contributed by atoms with Crippen LogP contribution in [0.1, 0.15) is 44.9 Å². The van der Waals surface area contributed by atoms with E-state index in [0.717, 1.165) is 31.7 Å². The van der Waals surface area contributed by atoms with E-state index in [1.807, 2.05) is 0 Å². The van der Waals surface area contributed by atoms with Gasteiger partial charge in [0.1, 0.15) is 6.29 Å². The zero-order valence-corrected chi connectivity index (χ0v) is 10.9. The summed E-state index contributed by atoms with van der Waals surface area (Å²) in [6, 6.07) is 0.845. The molecular formula is C14H26N2O. The monoisotopic (exact) mass is 238 g/mol. The van der Waals surface area contributed by atoms with Gasteiger partial charge >= 0.3 is 0 Å². The molecule has 0 amide bonds. The van der Waals surface area contributed by atoms with Crippen LogP contribution in [0.3, 0.4) is 0 Å². The van der Waals surface area contributed by atoms with Gasteiger partial charge in [0.2, 0.25) is 0 Å². The van der Waals surface area contributed by atoms with Crippen molar-refractivity contribution in [3.8, 4) is 0 Å². The molecule has 2 aliphatic rings. The van der Waals surface area contributed by atoms with Crippen molar-refractivity contribution in [1.29, 1.82) is 0 Å². The Balaban J connectivity index is 1.64. The second kappa shape index (κ2) is 7.12. The smallest absolute Gasteiger partial charge is 0.120 e. The van der Waals surface area contributed by atoms with Crippen molar-refractivity contribution in [3.63, 3.8) is 0 Å². The highest BCUT2D eigenvalue weighted by atomic mass is 16.1. The Labute approximate surface area is 105 Å². The summed E-state index contributed by atoms with van der Waals surface area (Å²) in [5, 5.41) is 0. The van der Waals surface area contributed by atoms with E-state index in [9.17, 15) is 4.79 Å². The number of rotatable bonds is 5. The topological polar surface area (TPSA) is 23.6 Å². The third-order valence-electron chi connectivity index (χ3n) is 4.26. The Bertz CT molecular complexity index is 218. The third-order valence-corrected chi connectivity index (χ3v) is 4.26. The first-order valence-electron chi connectivity index (χ1n) is 7.30. The lowest BCUT2D eigenvalue weighted by Gasteiger charge is -2.40. The molecule has 0 bridgehead atoms. The molecule has 0 atom stereocenters. The fourth-order valence-electron chi connectivity index (χ4n) is 3.19. The lowest BCUT2D eigenvalue weighted by molar-refractivity contribution is -0.108. The number of likely N-dealkylation sites (tertiary alicyclic amines) is 2. The highest BCUT2D eigenvalue weighted by Crippen LogP contribution is 2.20. The maximum Gasteiger partial charge on any atom is 0.120 e. The molecule has 2 saturated heterocycles. The van der Waals surface area contributed by atoms with E-state index < -0.39 is 0 Å². The standard InChI is InChI=1S/C14H26N2O/c17-13-5-4-8-15-11-6-14(7-12-15)16-9-2-1-3-10-16/h13-14H,1-12H2. The molecule has 3 heteroatoms. The highest BCUT2D eigenvalue weighted by molar-refractivity contribution is 5.48. The van der Waals surface area contributed by atoms with E-state index >= 15 is 0 Å². The van der Waals surface area contributed by atoms with Gasteiger partial charge in [-0.15, -0.1) is 0 Å². The van der Waals surface area contributed by atoms with E-state index in [1.165, 1.54) is 58.3 Å². The van der Waals surface area contributed by atoms with Crippen LogP contribution in [0, 0.1) is 0 Å². The number of unbranched alkanes of at least 4 members (excludes halogenated alkanes) is 1. The Morgan fingerprint density at radius 2 is 1.71 bits per heavy atom. The minimum Gasteiger partial charge on any atom is -0.303 e. The number of aldehydes is 1. The first-order valence-corrected chi connectivity index (χ1v) is 7.30. The summed E-state index contributed by atoms with van der Waals surface area (Å²) in [6.07, 6.45) is 9.72. The first-order chi connectivity index (χ1) is 8.40. The minimum absolute atomic E-state index is 0.728. The van der Waals surface area contributed by atoms with E-state index in [2.05, 4.69) is 9.80 Å². The van der Waals surface area contributed by atoms with Crippen molar-refractivity contribution in [1.82, 2.24) is 9.80 Å². The normalized spacial score (nSPS) is 24.9. The summed E-state index contributed by atoms with van der Waals surface area (Å²) in [5.41, 5.74) is 0. The van der Waals surface area contributed by atoms with Gasteiger partial charge in [-0.3, -0.25) is 0 Å². The van der Waals surface area contributed by atoms with Crippen molar-refractivity contribution < 1.29 is 4.79 Å². The number of piperidine rings is 2. The van der Waals surface area contributed by atoms with Crippen LogP contribution in [-0.2, 0) is 4.79 Å². The molecule has 2 aliphatic heterocycles. The SMILES string of the molecule is O=CCCCN1CCC(N2CCCCC2)CC1. The molecule has 0 N–H and O–H groups in total. The van der Waals surface area contributed by atoms with Gasteiger partial charge < -0.3 is 14.6 Å². The zero-order chi connectivity index (χ0) is 11.9. The summed E-state index contributed by atoms with van der Waals surface area (Å²) in [6.45, 7) is 6.25. The number of hydrogen-bond donors (Lipinski definition) is 0. The van der Waals surface area contributed by atoms with Gasteiger partial charge in [0, 0.05) is 12.5 Å². The molecule has 0 aromatic carbocycles. The summed E-state index contributed by atoms with van der Waals surface area (Å²) >= 11 is 0. The van der Waals surface area contributed by atoms with Crippen molar-refractivity contribution in [3.05, 3.63) is 0 Å². The molecule has 0 aromatic rings. The quantitative estimate of drug-likeness (QED) is 0.540. The number of carbonyl (C=O) groups is 1. The average Bonchev–Trinajstić information content (AvgIpc) is 2.41. The maximum absolute atomic E-state index is 10.3. The summed E-state index contributed by atoms with van der Waals surface area (Å²) in [7, 11) is 0. The summed E-state index contributed by atoms with van der Waals surface area (Å²) in [4.78, 5) is 15.5. The fraction of sp³-hybridized carbons (Fsp3) is 0.929. The Morgan fingerprint density at radius 3 is 2.35 bits per heavy atom. The zero-order valence-electron chi connectivity index (χ0n) is 10.9. The molecule has 17 heavy (non-hydrogen) atoms. The minimum atomic E-state index is 0.728. The molecule has 0 saturated carbocycles. The Hall–Kier alpha value is -0.410. The molecule has 0 radical (unpaired) electrons. The predicted octanol–water partition coefficient (Wildman–Crippen LogP) is 1.92. The van der Waals surface area contributed by atoms with Crippen LogP contribution in [0.4, 0.5) is 0 Å². The van der Waals surface area contributed by atoms with Gasteiger partial charge in [0.25, 0.3) is 0 Å². The lowest BCUT2D eigenvalue weighted by atomic mass is 10.00. The van der Waals surface area contributed by atoms with Crippen LogP contribution in [0.25, 0.3) is 0 Å². The van der Waals surface area contributed by atoms with Crippen molar-refractivity contribution in [2.24, 2.45) is 0 Å². The molecule has 0 aromatic heterocycles. The second-order valence-corrected chi connectivity index (χ2v) is 5.48. The molecular weight excluding hydrogens is 212 g/mol. The molecule has 0 unspecified atom stereocenters. The second-order valence-electron chi connectivity index (χ2n) is 5.48. The Kier molecular flexibility index (Phi) is 5.46. The van der Waals surface area contributed by atoms with Gasteiger partial charge in [-0.25, -0.2) is 0 Å². The molecule has 2 fully saturated rings. The fourth-order valence-corrected chi connectivity index (χ4v) is 3.19. The molecule has 0 aliphatic carbocycles. The van der Waals surface area contributed by atoms with E-state index in [-0.39, 0.29) is 0 Å². The molecule has 2 heterocycles. The van der Waals surface area contributed by atoms with Gasteiger partial charge in [0.15, 0.2) is 0 Å². The molecule has 2 rings (SSSR count). The van der Waals surface area contributed by atoms with Crippen LogP contribution in [-0.4, -0.2) is 54.9 Å². The molecule has 98 valence electrons. The van der Waals surface area contributed by atoms with Crippen molar-refractivity contribution in [2.75, 3.05) is 32.7 Å². The number of hydrogen-bond acceptors (Lipinski definition) is 3. The van der Waals surface area contributed by atoms with E-state index in [4.69, 9.17) is 0 Å². The predicted molar refractivity (Wildman–Crippen MR) is 70.2 cm³/mol. The summed E-state index contributed by atoms with van der Waals surface area (Å²) < 4.78 is 0. The van der Waals surface area contributed by atoms with Crippen molar-refractivity contribution in [2.45, 2.75) is 51.0 Å². The van der Waals surface area contributed by atoms with Gasteiger partial charge in [-0.05, 0) is 64.8 Å². The molecule has 0 spiro atoms.